The number of hydrogen-bond acceptors (Lipinski definition) is 5. The summed E-state index contributed by atoms with van der Waals surface area (Å²) in [7, 11) is -3.06. The van der Waals surface area contributed by atoms with Crippen LogP contribution in [0.15, 0.2) is 29.2 Å². The van der Waals surface area contributed by atoms with E-state index in [4.69, 9.17) is 15.0 Å². The summed E-state index contributed by atoms with van der Waals surface area (Å²) < 4.78 is 36.8. The van der Waals surface area contributed by atoms with Gasteiger partial charge in [-0.3, -0.25) is 4.55 Å². The predicted molar refractivity (Wildman–Crippen MR) is 66.4 cm³/mol. The Kier molecular flexibility index (Phi) is 2.80. The van der Waals surface area contributed by atoms with Crippen LogP contribution in [0.5, 0.6) is 11.5 Å². The summed E-state index contributed by atoms with van der Waals surface area (Å²) in [6, 6.07) is 5.55. The fourth-order valence-corrected chi connectivity index (χ4v) is 2.52. The van der Waals surface area contributed by atoms with Crippen LogP contribution in [0.2, 0.25) is 0 Å². The van der Waals surface area contributed by atoms with E-state index in [1.165, 1.54) is 13.2 Å². The molecule has 2 aromatic rings. The van der Waals surface area contributed by atoms with Crippen molar-refractivity contribution in [3.63, 3.8) is 0 Å². The Balaban J connectivity index is 3.05. The average molecular weight is 269 g/mol. The second-order valence-corrected chi connectivity index (χ2v) is 5.06. The van der Waals surface area contributed by atoms with Gasteiger partial charge < -0.3 is 15.6 Å². The molecule has 18 heavy (non-hydrogen) atoms. The van der Waals surface area contributed by atoms with E-state index in [1.807, 2.05) is 0 Å². The number of aromatic hydroxyl groups is 1. The summed E-state index contributed by atoms with van der Waals surface area (Å²) >= 11 is 0. The molecule has 0 aromatic heterocycles. The molecule has 0 bridgehead atoms. The van der Waals surface area contributed by atoms with Crippen LogP contribution in [0, 0.1) is 0 Å². The first kappa shape index (κ1) is 12.5. The van der Waals surface area contributed by atoms with Crippen LogP contribution in [-0.4, -0.2) is 25.2 Å². The van der Waals surface area contributed by atoms with E-state index < -0.39 is 10.1 Å². The zero-order chi connectivity index (χ0) is 13.5. The van der Waals surface area contributed by atoms with E-state index in [1.54, 1.807) is 12.1 Å². The summed E-state index contributed by atoms with van der Waals surface area (Å²) in [5.41, 5.74) is 5.37. The molecule has 0 unspecified atom stereocenters. The fourth-order valence-electron chi connectivity index (χ4n) is 1.80. The Morgan fingerprint density at radius 1 is 1.33 bits per heavy atom. The molecule has 0 atom stereocenters. The number of phenols is 1. The van der Waals surface area contributed by atoms with Crippen molar-refractivity contribution in [3.8, 4) is 11.5 Å². The summed E-state index contributed by atoms with van der Waals surface area (Å²) in [5, 5.41) is 10.2. The highest BCUT2D eigenvalue weighted by Gasteiger charge is 2.20. The largest absolute Gasteiger partial charge is 0.505 e. The van der Waals surface area contributed by atoms with Gasteiger partial charge in [-0.05, 0) is 12.1 Å². The van der Waals surface area contributed by atoms with Gasteiger partial charge in [-0.2, -0.15) is 8.42 Å². The van der Waals surface area contributed by atoms with Gasteiger partial charge in [0.1, 0.15) is 16.4 Å². The van der Waals surface area contributed by atoms with Crippen LogP contribution in [0.25, 0.3) is 10.8 Å². The van der Waals surface area contributed by atoms with Gasteiger partial charge in [0.05, 0.1) is 18.2 Å². The van der Waals surface area contributed by atoms with E-state index >= 15 is 0 Å². The van der Waals surface area contributed by atoms with Crippen molar-refractivity contribution in [3.05, 3.63) is 24.3 Å². The topological polar surface area (TPSA) is 110 Å². The molecule has 96 valence electrons. The molecule has 0 radical (unpaired) electrons. The standard InChI is InChI=1S/C11H11NO5S/c1-17-8-4-2-3-6-9(18(14,15)16)5-7(12)11(13)10(6)8/h2-5,13H,12H2,1H3,(H,14,15,16). The first-order chi connectivity index (χ1) is 8.36. The molecule has 6 nitrogen and oxygen atoms in total. The zero-order valence-corrected chi connectivity index (χ0v) is 10.2. The molecule has 0 saturated carbocycles. The van der Waals surface area contributed by atoms with Crippen molar-refractivity contribution in [1.29, 1.82) is 0 Å². The maximum atomic E-state index is 11.3. The second-order valence-electron chi connectivity index (χ2n) is 3.67. The van der Waals surface area contributed by atoms with Gasteiger partial charge in [0, 0.05) is 5.39 Å². The molecular formula is C11H11NO5S. The van der Waals surface area contributed by atoms with Gasteiger partial charge in [0.25, 0.3) is 10.1 Å². The van der Waals surface area contributed by atoms with Crippen LogP contribution < -0.4 is 10.5 Å². The molecule has 0 heterocycles. The van der Waals surface area contributed by atoms with Crippen LogP contribution in [0.3, 0.4) is 0 Å². The number of ether oxygens (including phenoxy) is 1. The van der Waals surface area contributed by atoms with Crippen LogP contribution in [0.1, 0.15) is 0 Å². The van der Waals surface area contributed by atoms with E-state index in [0.717, 1.165) is 6.07 Å². The minimum Gasteiger partial charge on any atom is -0.505 e. The Hall–Kier alpha value is -1.99. The van der Waals surface area contributed by atoms with E-state index in [0.29, 0.717) is 0 Å². The molecule has 0 aliphatic rings. The number of phenolic OH excluding ortho intramolecular Hbond substituents is 1. The first-order valence-corrected chi connectivity index (χ1v) is 6.36. The number of rotatable bonds is 2. The van der Waals surface area contributed by atoms with Crippen molar-refractivity contribution >= 4 is 26.6 Å². The molecule has 2 aromatic carbocycles. The smallest absolute Gasteiger partial charge is 0.295 e. The molecule has 4 N–H and O–H groups in total. The van der Waals surface area contributed by atoms with Gasteiger partial charge in [-0.1, -0.05) is 12.1 Å². The molecular weight excluding hydrogens is 258 g/mol. The zero-order valence-electron chi connectivity index (χ0n) is 9.41. The summed E-state index contributed by atoms with van der Waals surface area (Å²) in [5.74, 6) is -0.0166. The molecule has 0 spiro atoms. The van der Waals surface area contributed by atoms with Crippen molar-refractivity contribution in [2.24, 2.45) is 0 Å². The number of anilines is 1. The lowest BCUT2D eigenvalue weighted by Gasteiger charge is -2.11. The number of benzene rings is 2. The Morgan fingerprint density at radius 2 is 2.00 bits per heavy atom. The first-order valence-electron chi connectivity index (χ1n) is 4.92. The van der Waals surface area contributed by atoms with Crippen molar-refractivity contribution < 1.29 is 22.8 Å². The highest BCUT2D eigenvalue weighted by Crippen LogP contribution is 2.40. The van der Waals surface area contributed by atoms with Crippen LogP contribution >= 0.6 is 0 Å². The van der Waals surface area contributed by atoms with E-state index in [9.17, 15) is 13.5 Å². The van der Waals surface area contributed by atoms with Gasteiger partial charge >= 0.3 is 0 Å². The minimum absolute atomic E-state index is 0.142. The number of fused-ring (bicyclic) bond motifs is 1. The lowest BCUT2D eigenvalue weighted by molar-refractivity contribution is 0.416. The van der Waals surface area contributed by atoms with Crippen molar-refractivity contribution in [2.45, 2.75) is 4.90 Å². The molecule has 2 rings (SSSR count). The number of methoxy groups -OCH3 is 1. The summed E-state index contributed by atoms with van der Waals surface area (Å²) in [6.07, 6.45) is 0. The Bertz CT molecular complexity index is 724. The van der Waals surface area contributed by atoms with Gasteiger partial charge in [0.2, 0.25) is 0 Å². The molecule has 0 aliphatic heterocycles. The average Bonchev–Trinajstić information content (AvgIpc) is 2.31. The molecule has 7 heteroatoms. The van der Waals surface area contributed by atoms with Gasteiger partial charge in [-0.25, -0.2) is 0 Å². The van der Waals surface area contributed by atoms with Crippen molar-refractivity contribution in [2.75, 3.05) is 12.8 Å². The molecule has 0 aliphatic carbocycles. The monoisotopic (exact) mass is 269 g/mol. The predicted octanol–water partition coefficient (Wildman–Crippen LogP) is 1.38. The molecule has 0 fully saturated rings. The molecule has 0 saturated heterocycles. The SMILES string of the molecule is COc1cccc2c(S(=O)(=O)O)cc(N)c(O)c12. The van der Waals surface area contributed by atoms with Crippen molar-refractivity contribution in [1.82, 2.24) is 0 Å². The Morgan fingerprint density at radius 3 is 2.56 bits per heavy atom. The number of nitrogen functional groups attached to an aromatic ring is 1. The van der Waals surface area contributed by atoms with E-state index in [2.05, 4.69) is 0 Å². The van der Waals surface area contributed by atoms with E-state index in [-0.39, 0.29) is 32.9 Å². The normalized spacial score (nSPS) is 11.7. The third-order valence-electron chi connectivity index (χ3n) is 2.59. The quantitative estimate of drug-likeness (QED) is 0.431. The highest BCUT2D eigenvalue weighted by molar-refractivity contribution is 7.86. The lowest BCUT2D eigenvalue weighted by atomic mass is 10.1. The minimum atomic E-state index is -4.44. The van der Waals surface area contributed by atoms with Crippen LogP contribution in [-0.2, 0) is 10.1 Å². The number of hydrogen-bond donors (Lipinski definition) is 3. The number of nitrogens with two attached hydrogens (primary N) is 1. The Labute approximate surface area is 103 Å². The maximum Gasteiger partial charge on any atom is 0.295 e. The van der Waals surface area contributed by atoms with Crippen LogP contribution in [0.4, 0.5) is 5.69 Å². The lowest BCUT2D eigenvalue weighted by Crippen LogP contribution is -2.02. The van der Waals surface area contributed by atoms with Gasteiger partial charge in [0.15, 0.2) is 0 Å². The molecule has 0 amide bonds. The summed E-state index contributed by atoms with van der Waals surface area (Å²) in [4.78, 5) is -0.369. The fraction of sp³-hybridized carbons (Fsp3) is 0.0909. The third kappa shape index (κ3) is 1.83. The third-order valence-corrected chi connectivity index (χ3v) is 3.48. The summed E-state index contributed by atoms with van der Waals surface area (Å²) in [6.45, 7) is 0. The van der Waals surface area contributed by atoms with Gasteiger partial charge in [-0.15, -0.1) is 0 Å². The second kappa shape index (κ2) is 4.04. The maximum absolute atomic E-state index is 11.3. The highest BCUT2D eigenvalue weighted by atomic mass is 32.2.